The van der Waals surface area contributed by atoms with Crippen LogP contribution in [0.5, 0.6) is 0 Å². The lowest BCUT2D eigenvalue weighted by atomic mass is 10.0. The third-order valence-electron chi connectivity index (χ3n) is 4.66. The second-order valence-electron chi connectivity index (χ2n) is 6.41. The van der Waals surface area contributed by atoms with Crippen molar-refractivity contribution in [2.24, 2.45) is 7.05 Å². The molecule has 4 rings (SSSR count). The van der Waals surface area contributed by atoms with E-state index in [0.29, 0.717) is 11.0 Å². The Balaban J connectivity index is 1.82. The number of nitrogens with zero attached hydrogens (tertiary/aromatic N) is 4. The van der Waals surface area contributed by atoms with Gasteiger partial charge in [0.05, 0.1) is 5.56 Å². The SMILES string of the molecule is Cc1ccc(C)n1-c1ccc(-c2cc(C(=O)O)c3c(c2)nnn3C)cc1. The molecule has 26 heavy (non-hydrogen) atoms. The molecule has 0 aliphatic rings. The van der Waals surface area contributed by atoms with Crippen LogP contribution in [0.3, 0.4) is 0 Å². The molecule has 0 saturated carbocycles. The molecule has 0 atom stereocenters. The van der Waals surface area contributed by atoms with E-state index in [9.17, 15) is 9.90 Å². The first-order chi connectivity index (χ1) is 12.5. The van der Waals surface area contributed by atoms with Crippen LogP contribution in [-0.4, -0.2) is 30.6 Å². The van der Waals surface area contributed by atoms with E-state index in [4.69, 9.17) is 0 Å². The Kier molecular flexibility index (Phi) is 3.61. The van der Waals surface area contributed by atoms with Crippen molar-refractivity contribution in [2.75, 3.05) is 0 Å². The summed E-state index contributed by atoms with van der Waals surface area (Å²) in [5, 5.41) is 17.6. The molecule has 2 aromatic heterocycles. The highest BCUT2D eigenvalue weighted by molar-refractivity contribution is 6.03. The lowest BCUT2D eigenvalue weighted by Gasteiger charge is -2.11. The minimum absolute atomic E-state index is 0.200. The molecule has 0 aliphatic heterocycles. The zero-order valence-electron chi connectivity index (χ0n) is 14.8. The van der Waals surface area contributed by atoms with E-state index >= 15 is 0 Å². The van der Waals surface area contributed by atoms with Gasteiger partial charge in [-0.25, -0.2) is 9.48 Å². The molecule has 2 heterocycles. The van der Waals surface area contributed by atoms with E-state index < -0.39 is 5.97 Å². The fourth-order valence-corrected chi connectivity index (χ4v) is 3.40. The molecule has 0 fully saturated rings. The van der Waals surface area contributed by atoms with Gasteiger partial charge in [0.25, 0.3) is 0 Å². The molecule has 6 nitrogen and oxygen atoms in total. The normalized spacial score (nSPS) is 11.2. The Morgan fingerprint density at radius 1 is 0.962 bits per heavy atom. The largest absolute Gasteiger partial charge is 0.478 e. The van der Waals surface area contributed by atoms with E-state index in [1.165, 1.54) is 16.1 Å². The first kappa shape index (κ1) is 16.1. The molecule has 0 unspecified atom stereocenters. The van der Waals surface area contributed by atoms with Gasteiger partial charge in [0.2, 0.25) is 0 Å². The van der Waals surface area contributed by atoms with E-state index in [2.05, 4.69) is 40.9 Å². The summed E-state index contributed by atoms with van der Waals surface area (Å²) in [6.07, 6.45) is 0. The van der Waals surface area contributed by atoms with Gasteiger partial charge in [-0.05, 0) is 61.4 Å². The summed E-state index contributed by atoms with van der Waals surface area (Å²) < 4.78 is 3.67. The van der Waals surface area contributed by atoms with Crippen LogP contribution in [0.1, 0.15) is 21.7 Å². The number of benzene rings is 2. The van der Waals surface area contributed by atoms with Gasteiger partial charge >= 0.3 is 5.97 Å². The summed E-state index contributed by atoms with van der Waals surface area (Å²) >= 11 is 0. The topological polar surface area (TPSA) is 72.9 Å². The van der Waals surface area contributed by atoms with Gasteiger partial charge in [-0.15, -0.1) is 5.10 Å². The Morgan fingerprint density at radius 3 is 2.23 bits per heavy atom. The van der Waals surface area contributed by atoms with E-state index in [1.54, 1.807) is 13.1 Å². The first-order valence-electron chi connectivity index (χ1n) is 8.28. The van der Waals surface area contributed by atoms with E-state index in [-0.39, 0.29) is 5.56 Å². The van der Waals surface area contributed by atoms with Gasteiger partial charge in [0.15, 0.2) is 0 Å². The molecule has 2 aromatic carbocycles. The quantitative estimate of drug-likeness (QED) is 0.613. The number of aryl methyl sites for hydroxylation is 3. The van der Waals surface area contributed by atoms with Crippen molar-refractivity contribution >= 4 is 17.0 Å². The molecule has 4 aromatic rings. The van der Waals surface area contributed by atoms with Crippen LogP contribution in [-0.2, 0) is 7.05 Å². The van der Waals surface area contributed by atoms with Crippen molar-refractivity contribution in [1.29, 1.82) is 0 Å². The minimum atomic E-state index is -0.988. The molecular weight excluding hydrogens is 328 g/mol. The Morgan fingerprint density at radius 2 is 1.62 bits per heavy atom. The minimum Gasteiger partial charge on any atom is -0.478 e. The van der Waals surface area contributed by atoms with Gasteiger partial charge in [-0.2, -0.15) is 0 Å². The van der Waals surface area contributed by atoms with Crippen molar-refractivity contribution in [2.45, 2.75) is 13.8 Å². The molecule has 130 valence electrons. The van der Waals surface area contributed by atoms with Crippen LogP contribution in [0, 0.1) is 13.8 Å². The van der Waals surface area contributed by atoms with Crippen molar-refractivity contribution in [3.05, 3.63) is 65.5 Å². The Bertz CT molecular complexity index is 1120. The summed E-state index contributed by atoms with van der Waals surface area (Å²) in [4.78, 5) is 11.7. The van der Waals surface area contributed by atoms with Gasteiger partial charge < -0.3 is 9.67 Å². The maximum atomic E-state index is 11.7. The van der Waals surface area contributed by atoms with Gasteiger partial charge in [0, 0.05) is 24.1 Å². The van der Waals surface area contributed by atoms with Crippen molar-refractivity contribution in [1.82, 2.24) is 19.6 Å². The average Bonchev–Trinajstić information content (AvgIpc) is 3.17. The van der Waals surface area contributed by atoms with Crippen LogP contribution in [0.15, 0.2) is 48.5 Å². The first-order valence-corrected chi connectivity index (χ1v) is 8.28. The summed E-state index contributed by atoms with van der Waals surface area (Å²) in [6.45, 7) is 4.14. The second kappa shape index (κ2) is 5.84. The highest BCUT2D eigenvalue weighted by Crippen LogP contribution is 2.28. The highest BCUT2D eigenvalue weighted by Gasteiger charge is 2.16. The molecule has 0 radical (unpaired) electrons. The van der Waals surface area contributed by atoms with E-state index in [1.807, 2.05) is 30.3 Å². The fraction of sp³-hybridized carbons (Fsp3) is 0.150. The highest BCUT2D eigenvalue weighted by atomic mass is 16.4. The summed E-state index contributed by atoms with van der Waals surface area (Å²) in [6, 6.07) is 15.8. The van der Waals surface area contributed by atoms with Crippen LogP contribution in [0.25, 0.3) is 27.8 Å². The predicted molar refractivity (Wildman–Crippen MR) is 99.7 cm³/mol. The second-order valence-corrected chi connectivity index (χ2v) is 6.41. The van der Waals surface area contributed by atoms with E-state index in [0.717, 1.165) is 16.8 Å². The smallest absolute Gasteiger partial charge is 0.337 e. The molecule has 0 spiro atoms. The number of carboxylic acid groups (broad SMARTS) is 1. The molecule has 1 N–H and O–H groups in total. The summed E-state index contributed by atoms with van der Waals surface area (Å²) in [5.74, 6) is -0.988. The third-order valence-corrected chi connectivity index (χ3v) is 4.66. The fourth-order valence-electron chi connectivity index (χ4n) is 3.40. The summed E-state index contributed by atoms with van der Waals surface area (Å²) in [7, 11) is 1.69. The number of rotatable bonds is 3. The molecule has 0 bridgehead atoms. The monoisotopic (exact) mass is 346 g/mol. The molecular formula is C20H18N4O2. The predicted octanol–water partition coefficient (Wildman–Crippen LogP) is 3.74. The Labute approximate surface area is 150 Å². The van der Waals surface area contributed by atoms with Crippen LogP contribution in [0.4, 0.5) is 0 Å². The number of fused-ring (bicyclic) bond motifs is 1. The van der Waals surface area contributed by atoms with Gasteiger partial charge in [-0.1, -0.05) is 17.3 Å². The van der Waals surface area contributed by atoms with Gasteiger partial charge in [-0.3, -0.25) is 0 Å². The van der Waals surface area contributed by atoms with Crippen molar-refractivity contribution in [3.8, 4) is 16.8 Å². The molecule has 0 saturated heterocycles. The van der Waals surface area contributed by atoms with Crippen molar-refractivity contribution < 1.29 is 9.90 Å². The molecule has 0 amide bonds. The number of aromatic carboxylic acids is 1. The molecule has 6 heteroatoms. The Hall–Kier alpha value is -3.41. The standard InChI is InChI=1S/C20H18N4O2/c1-12-4-5-13(2)24(12)16-8-6-14(7-9-16)15-10-17(20(25)26)19-18(11-15)21-22-23(19)3/h4-11H,1-3H3,(H,25,26). The number of hydrogen-bond acceptors (Lipinski definition) is 3. The zero-order valence-corrected chi connectivity index (χ0v) is 14.8. The summed E-state index contributed by atoms with van der Waals surface area (Å²) in [5.41, 5.74) is 6.46. The third kappa shape index (κ3) is 2.47. The average molecular weight is 346 g/mol. The maximum absolute atomic E-state index is 11.7. The number of aromatic nitrogens is 4. The number of hydrogen-bond donors (Lipinski definition) is 1. The van der Waals surface area contributed by atoms with Crippen LogP contribution >= 0.6 is 0 Å². The number of carboxylic acids is 1. The number of carbonyl (C=O) groups is 1. The van der Waals surface area contributed by atoms with Crippen molar-refractivity contribution in [3.63, 3.8) is 0 Å². The van der Waals surface area contributed by atoms with Gasteiger partial charge in [0.1, 0.15) is 11.0 Å². The van der Waals surface area contributed by atoms with Crippen LogP contribution < -0.4 is 0 Å². The van der Waals surface area contributed by atoms with Crippen LogP contribution in [0.2, 0.25) is 0 Å². The lowest BCUT2D eigenvalue weighted by Crippen LogP contribution is -2.02. The zero-order chi connectivity index (χ0) is 18.4. The lowest BCUT2D eigenvalue weighted by molar-refractivity contribution is 0.0698. The maximum Gasteiger partial charge on any atom is 0.337 e. The molecule has 0 aliphatic carbocycles.